The van der Waals surface area contributed by atoms with Gasteiger partial charge in [-0.2, -0.15) is 4.98 Å². The van der Waals surface area contributed by atoms with Crippen LogP contribution in [0.15, 0.2) is 55.0 Å². The zero-order valence-electron chi connectivity index (χ0n) is 21.2. The Morgan fingerprint density at radius 2 is 1.92 bits per heavy atom. The third-order valence-corrected chi connectivity index (χ3v) is 6.29. The second-order valence-corrected chi connectivity index (χ2v) is 9.35. The van der Waals surface area contributed by atoms with Gasteiger partial charge in [0, 0.05) is 43.8 Å². The van der Waals surface area contributed by atoms with E-state index in [9.17, 15) is 9.59 Å². The van der Waals surface area contributed by atoms with E-state index in [1.807, 2.05) is 31.2 Å². The number of carbonyl (C=O) groups is 2. The van der Waals surface area contributed by atoms with Crippen LogP contribution < -0.4 is 20.4 Å². The van der Waals surface area contributed by atoms with Crippen LogP contribution in [0.1, 0.15) is 49.5 Å². The predicted octanol–water partition coefficient (Wildman–Crippen LogP) is 4.15. The highest BCUT2D eigenvalue weighted by Crippen LogP contribution is 2.35. The third-order valence-electron chi connectivity index (χ3n) is 6.29. The van der Waals surface area contributed by atoms with Crippen molar-refractivity contribution in [3.63, 3.8) is 0 Å². The average molecular weight is 488 g/mol. The number of hydrogen-bond donors (Lipinski definition) is 2. The van der Waals surface area contributed by atoms with Crippen molar-refractivity contribution in [2.24, 2.45) is 5.92 Å². The van der Waals surface area contributed by atoms with Gasteiger partial charge >= 0.3 is 0 Å². The number of pyridine rings is 1. The van der Waals surface area contributed by atoms with Crippen LogP contribution in [0, 0.1) is 5.92 Å². The molecule has 9 nitrogen and oxygen atoms in total. The Hall–Kier alpha value is -4.01. The summed E-state index contributed by atoms with van der Waals surface area (Å²) < 4.78 is 0. The van der Waals surface area contributed by atoms with Gasteiger partial charge in [-0.1, -0.05) is 26.8 Å². The number of likely N-dealkylation sites (N-methyl/N-ethyl adjacent to an activating group) is 1. The average Bonchev–Trinajstić information content (AvgIpc) is 2.89. The zero-order valence-corrected chi connectivity index (χ0v) is 21.2. The van der Waals surface area contributed by atoms with Gasteiger partial charge in [-0.3, -0.25) is 14.6 Å². The van der Waals surface area contributed by atoms with Crippen molar-refractivity contribution in [1.82, 2.24) is 20.3 Å². The van der Waals surface area contributed by atoms with Gasteiger partial charge in [0.15, 0.2) is 5.82 Å². The molecule has 0 radical (unpaired) electrons. The number of nitrogens with zero attached hydrogens (tertiary/aromatic N) is 5. The molecule has 0 aliphatic carbocycles. The monoisotopic (exact) mass is 487 g/mol. The molecule has 1 atom stereocenters. The van der Waals surface area contributed by atoms with E-state index in [-0.39, 0.29) is 17.9 Å². The maximum Gasteiger partial charge on any atom is 0.251 e. The summed E-state index contributed by atoms with van der Waals surface area (Å²) in [6, 6.07) is 10.7. The number of hydrogen-bond acceptors (Lipinski definition) is 7. The zero-order chi connectivity index (χ0) is 25.7. The van der Waals surface area contributed by atoms with Gasteiger partial charge in [-0.05, 0) is 54.7 Å². The molecule has 0 bridgehead atoms. The summed E-state index contributed by atoms with van der Waals surface area (Å²) in [6.45, 7) is 7.55. The standard InChI is InChI=1S/C27H33N7O2/c1-5-22-26(36)33(4)23-17-30-27(32-24(23)34(22)14-12-18(2)3)31-21-10-8-20(9-11-21)25(35)29-16-19-7-6-13-28-15-19/h6-11,13,15,17-18,22H,5,12,14,16H2,1-4H3,(H,29,35)(H,30,31,32). The number of anilines is 4. The molecule has 1 aromatic carbocycles. The molecule has 3 heterocycles. The molecular formula is C27H33N7O2. The van der Waals surface area contributed by atoms with E-state index in [0.29, 0.717) is 36.1 Å². The van der Waals surface area contributed by atoms with Crippen molar-refractivity contribution in [3.8, 4) is 0 Å². The van der Waals surface area contributed by atoms with Crippen LogP contribution in [0.25, 0.3) is 0 Å². The van der Waals surface area contributed by atoms with Gasteiger partial charge in [0.25, 0.3) is 5.91 Å². The highest BCUT2D eigenvalue weighted by Gasteiger charge is 2.36. The first-order valence-electron chi connectivity index (χ1n) is 12.3. The van der Waals surface area contributed by atoms with E-state index in [1.54, 1.807) is 42.7 Å². The Bertz CT molecular complexity index is 1200. The molecule has 4 rings (SSSR count). The molecule has 0 saturated heterocycles. The molecule has 1 aliphatic heterocycles. The van der Waals surface area contributed by atoms with E-state index < -0.39 is 0 Å². The van der Waals surface area contributed by atoms with Crippen LogP contribution in [-0.4, -0.2) is 46.4 Å². The summed E-state index contributed by atoms with van der Waals surface area (Å²) >= 11 is 0. The Morgan fingerprint density at radius 1 is 1.14 bits per heavy atom. The molecule has 0 saturated carbocycles. The molecule has 2 N–H and O–H groups in total. The molecule has 0 spiro atoms. The summed E-state index contributed by atoms with van der Waals surface area (Å²) in [4.78, 5) is 42.5. The minimum atomic E-state index is -0.242. The molecule has 9 heteroatoms. The van der Waals surface area contributed by atoms with E-state index in [0.717, 1.165) is 30.0 Å². The molecule has 2 amide bonds. The molecular weight excluding hydrogens is 454 g/mol. The SMILES string of the molecule is CCC1C(=O)N(C)c2cnc(Nc3ccc(C(=O)NCc4cccnc4)cc3)nc2N1CCC(C)C. The van der Waals surface area contributed by atoms with E-state index >= 15 is 0 Å². The lowest BCUT2D eigenvalue weighted by Gasteiger charge is -2.40. The van der Waals surface area contributed by atoms with Crippen molar-refractivity contribution in [2.75, 3.05) is 28.7 Å². The van der Waals surface area contributed by atoms with Crippen molar-refractivity contribution < 1.29 is 9.59 Å². The molecule has 1 aliphatic rings. The minimum Gasteiger partial charge on any atom is -0.348 e. The van der Waals surface area contributed by atoms with Crippen LogP contribution in [0.3, 0.4) is 0 Å². The number of amides is 2. The Morgan fingerprint density at radius 3 is 2.58 bits per heavy atom. The van der Waals surface area contributed by atoms with Crippen molar-refractivity contribution >= 4 is 35.0 Å². The molecule has 0 fully saturated rings. The lowest BCUT2D eigenvalue weighted by atomic mass is 10.0. The molecule has 3 aromatic rings. The number of nitrogens with one attached hydrogen (secondary N) is 2. The van der Waals surface area contributed by atoms with Crippen molar-refractivity contribution in [1.29, 1.82) is 0 Å². The highest BCUT2D eigenvalue weighted by atomic mass is 16.2. The first-order valence-corrected chi connectivity index (χ1v) is 12.3. The molecule has 1 unspecified atom stereocenters. The van der Waals surface area contributed by atoms with Crippen LogP contribution in [0.5, 0.6) is 0 Å². The summed E-state index contributed by atoms with van der Waals surface area (Å²) in [7, 11) is 1.78. The Balaban J connectivity index is 1.48. The van der Waals surface area contributed by atoms with E-state index in [1.165, 1.54) is 0 Å². The predicted molar refractivity (Wildman–Crippen MR) is 141 cm³/mol. The largest absolute Gasteiger partial charge is 0.348 e. The number of aromatic nitrogens is 3. The van der Waals surface area contributed by atoms with Gasteiger partial charge in [0.05, 0.1) is 6.20 Å². The first-order chi connectivity index (χ1) is 17.4. The number of carbonyl (C=O) groups excluding carboxylic acids is 2. The van der Waals surface area contributed by atoms with Crippen molar-refractivity contribution in [3.05, 3.63) is 66.1 Å². The fraction of sp³-hybridized carbons (Fsp3) is 0.370. The molecule has 188 valence electrons. The van der Waals surface area contributed by atoms with Gasteiger partial charge in [0.2, 0.25) is 11.9 Å². The second-order valence-electron chi connectivity index (χ2n) is 9.35. The van der Waals surface area contributed by atoms with E-state index in [4.69, 9.17) is 4.98 Å². The smallest absolute Gasteiger partial charge is 0.251 e. The van der Waals surface area contributed by atoms with Gasteiger partial charge in [0.1, 0.15) is 11.7 Å². The lowest BCUT2D eigenvalue weighted by Crippen LogP contribution is -2.53. The maximum absolute atomic E-state index is 12.9. The summed E-state index contributed by atoms with van der Waals surface area (Å²) in [5, 5.41) is 6.13. The Labute approximate surface area is 212 Å². The number of benzene rings is 1. The second kappa shape index (κ2) is 11.2. The van der Waals surface area contributed by atoms with Crippen LogP contribution in [0.4, 0.5) is 23.1 Å². The fourth-order valence-corrected chi connectivity index (χ4v) is 4.17. The highest BCUT2D eigenvalue weighted by molar-refractivity contribution is 6.04. The van der Waals surface area contributed by atoms with Crippen LogP contribution >= 0.6 is 0 Å². The first kappa shape index (κ1) is 25.1. The quantitative estimate of drug-likeness (QED) is 0.467. The molecule has 2 aromatic heterocycles. The minimum absolute atomic E-state index is 0.0652. The lowest BCUT2D eigenvalue weighted by molar-refractivity contribution is -0.120. The summed E-state index contributed by atoms with van der Waals surface area (Å²) in [5.41, 5.74) is 2.97. The topological polar surface area (TPSA) is 103 Å². The Kier molecular flexibility index (Phi) is 7.77. The fourth-order valence-electron chi connectivity index (χ4n) is 4.17. The van der Waals surface area contributed by atoms with Crippen LogP contribution in [0.2, 0.25) is 0 Å². The normalized spacial score (nSPS) is 15.1. The van der Waals surface area contributed by atoms with E-state index in [2.05, 4.69) is 39.3 Å². The summed E-state index contributed by atoms with van der Waals surface area (Å²) in [6.07, 6.45) is 6.79. The van der Waals surface area contributed by atoms with Crippen molar-refractivity contribution in [2.45, 2.75) is 46.2 Å². The maximum atomic E-state index is 12.9. The molecule has 36 heavy (non-hydrogen) atoms. The van der Waals surface area contributed by atoms with Crippen LogP contribution in [-0.2, 0) is 11.3 Å². The third kappa shape index (κ3) is 5.62. The number of fused-ring (bicyclic) bond motifs is 1. The number of rotatable bonds is 9. The van der Waals surface area contributed by atoms with Gasteiger partial charge in [-0.25, -0.2) is 4.98 Å². The van der Waals surface area contributed by atoms with Gasteiger partial charge in [-0.15, -0.1) is 0 Å². The summed E-state index contributed by atoms with van der Waals surface area (Å²) in [5.74, 6) is 1.62. The van der Waals surface area contributed by atoms with Gasteiger partial charge < -0.3 is 20.4 Å².